The number of hydrogen-bond donors (Lipinski definition) is 0. The Bertz CT molecular complexity index is 234. The fourth-order valence-corrected chi connectivity index (χ4v) is 0.925. The van der Waals surface area contributed by atoms with E-state index in [1.165, 1.54) is 12.8 Å². The molecule has 1 saturated carbocycles. The first-order valence-electron chi connectivity index (χ1n) is 3.87. The average molecular weight is 146 g/mol. The Labute approximate surface area is 67.0 Å². The van der Waals surface area contributed by atoms with Gasteiger partial charge < -0.3 is 4.74 Å². The molecule has 0 aliphatic heterocycles. The molecular formula is C10H10O. The van der Waals surface area contributed by atoms with Crippen molar-refractivity contribution in [3.8, 4) is 5.75 Å². The second-order valence-electron chi connectivity index (χ2n) is 2.89. The van der Waals surface area contributed by atoms with Crippen molar-refractivity contribution in [2.75, 3.05) is 0 Å². The van der Waals surface area contributed by atoms with Crippen LogP contribution in [0.3, 0.4) is 0 Å². The Morgan fingerprint density at radius 1 is 1.18 bits per heavy atom. The van der Waals surface area contributed by atoms with Crippen LogP contribution in [-0.4, -0.2) is 6.10 Å². The van der Waals surface area contributed by atoms with Crippen LogP contribution in [0.15, 0.2) is 24.3 Å². The largest absolute Gasteiger partial charge is 0.490 e. The van der Waals surface area contributed by atoms with Gasteiger partial charge in [0.15, 0.2) is 0 Å². The lowest BCUT2D eigenvalue weighted by Gasteiger charge is -2.02. The fourth-order valence-electron chi connectivity index (χ4n) is 0.925. The molecule has 0 spiro atoms. The van der Waals surface area contributed by atoms with Gasteiger partial charge in [-0.15, -0.1) is 0 Å². The highest BCUT2D eigenvalue weighted by Crippen LogP contribution is 2.26. The molecule has 0 atom stereocenters. The van der Waals surface area contributed by atoms with E-state index in [0.29, 0.717) is 6.10 Å². The van der Waals surface area contributed by atoms with Crippen LogP contribution in [-0.2, 0) is 0 Å². The lowest BCUT2D eigenvalue weighted by Crippen LogP contribution is -1.94. The predicted molar refractivity (Wildman–Crippen MR) is 43.5 cm³/mol. The van der Waals surface area contributed by atoms with Crippen molar-refractivity contribution in [1.29, 1.82) is 0 Å². The lowest BCUT2D eigenvalue weighted by molar-refractivity contribution is 0.303. The van der Waals surface area contributed by atoms with Crippen molar-refractivity contribution in [3.63, 3.8) is 0 Å². The van der Waals surface area contributed by atoms with Crippen LogP contribution in [0, 0.1) is 6.92 Å². The molecule has 0 saturated heterocycles. The predicted octanol–water partition coefficient (Wildman–Crippen LogP) is 2.29. The van der Waals surface area contributed by atoms with Gasteiger partial charge in [0.05, 0.1) is 6.10 Å². The Balaban J connectivity index is 2.06. The molecule has 0 unspecified atom stereocenters. The van der Waals surface area contributed by atoms with Crippen LogP contribution in [0.1, 0.15) is 18.4 Å². The van der Waals surface area contributed by atoms with Gasteiger partial charge in [-0.3, -0.25) is 0 Å². The van der Waals surface area contributed by atoms with Crippen LogP contribution >= 0.6 is 0 Å². The lowest BCUT2D eigenvalue weighted by atomic mass is 10.2. The third-order valence-electron chi connectivity index (χ3n) is 1.71. The summed E-state index contributed by atoms with van der Waals surface area (Å²) in [4.78, 5) is 0. The van der Waals surface area contributed by atoms with Crippen LogP contribution < -0.4 is 4.74 Å². The molecule has 1 nitrogen and oxygen atoms in total. The summed E-state index contributed by atoms with van der Waals surface area (Å²) in [6, 6.07) is 7.54. The second-order valence-corrected chi connectivity index (χ2v) is 2.89. The Morgan fingerprint density at radius 3 is 2.36 bits per heavy atom. The van der Waals surface area contributed by atoms with E-state index in [2.05, 4.69) is 0 Å². The summed E-state index contributed by atoms with van der Waals surface area (Å²) in [6.45, 7) is 5.52. The van der Waals surface area contributed by atoms with Crippen molar-refractivity contribution in [1.82, 2.24) is 0 Å². The molecule has 2 rings (SSSR count). The van der Waals surface area contributed by atoms with Crippen LogP contribution in [0.25, 0.3) is 0 Å². The molecular weight excluding hydrogens is 136 g/mol. The number of rotatable bonds is 2. The highest BCUT2D eigenvalue weighted by molar-refractivity contribution is 5.28. The molecule has 1 fully saturated rings. The standard InChI is InChI=1S/C10H10O/c1-8-2-4-9(5-3-8)11-10-6-7-10/h1-5,10H,6-7H2. The summed E-state index contributed by atoms with van der Waals surface area (Å²) in [7, 11) is 0. The smallest absolute Gasteiger partial charge is 0.119 e. The second kappa shape index (κ2) is 2.57. The minimum Gasteiger partial charge on any atom is -0.490 e. The van der Waals surface area contributed by atoms with Crippen LogP contribution in [0.4, 0.5) is 0 Å². The molecule has 0 heterocycles. The van der Waals surface area contributed by atoms with Gasteiger partial charge in [-0.2, -0.15) is 0 Å². The normalized spacial score (nSPS) is 16.5. The van der Waals surface area contributed by atoms with Crippen LogP contribution in [0.2, 0.25) is 0 Å². The van der Waals surface area contributed by atoms with Gasteiger partial charge in [0.2, 0.25) is 0 Å². The maximum Gasteiger partial charge on any atom is 0.119 e. The molecule has 1 aliphatic rings. The maximum absolute atomic E-state index is 5.52. The zero-order valence-corrected chi connectivity index (χ0v) is 6.29. The zero-order valence-electron chi connectivity index (χ0n) is 6.29. The zero-order chi connectivity index (χ0) is 7.68. The average Bonchev–Trinajstić information content (AvgIpc) is 2.78. The number of ether oxygens (including phenoxy) is 1. The summed E-state index contributed by atoms with van der Waals surface area (Å²) < 4.78 is 5.52. The van der Waals surface area contributed by atoms with E-state index >= 15 is 0 Å². The van der Waals surface area contributed by atoms with E-state index in [1.807, 2.05) is 24.3 Å². The van der Waals surface area contributed by atoms with Gasteiger partial charge in [0.1, 0.15) is 5.75 Å². The first-order valence-corrected chi connectivity index (χ1v) is 3.87. The highest BCUT2D eigenvalue weighted by atomic mass is 16.5. The number of benzene rings is 1. The van der Waals surface area contributed by atoms with E-state index in [1.54, 1.807) is 0 Å². The molecule has 1 aromatic carbocycles. The molecule has 0 aromatic heterocycles. The SMILES string of the molecule is [CH]c1ccc(OC2CC2)cc1. The molecule has 0 amide bonds. The number of hydrogen-bond acceptors (Lipinski definition) is 1. The van der Waals surface area contributed by atoms with Gasteiger partial charge in [-0.1, -0.05) is 12.1 Å². The quantitative estimate of drug-likeness (QED) is 0.622. The van der Waals surface area contributed by atoms with E-state index in [0.717, 1.165) is 11.3 Å². The van der Waals surface area contributed by atoms with Crippen molar-refractivity contribution >= 4 is 0 Å². The molecule has 0 bridgehead atoms. The summed E-state index contributed by atoms with van der Waals surface area (Å²) >= 11 is 0. The Hall–Kier alpha value is -0.980. The summed E-state index contributed by atoms with van der Waals surface area (Å²) in [5.74, 6) is 0.932. The van der Waals surface area contributed by atoms with E-state index < -0.39 is 0 Å². The first kappa shape index (κ1) is 6.71. The maximum atomic E-state index is 5.52. The molecule has 56 valence electrons. The fraction of sp³-hybridized carbons (Fsp3) is 0.300. The third-order valence-corrected chi connectivity index (χ3v) is 1.71. The van der Waals surface area contributed by atoms with Gasteiger partial charge >= 0.3 is 0 Å². The van der Waals surface area contributed by atoms with E-state index in [-0.39, 0.29) is 0 Å². The summed E-state index contributed by atoms with van der Waals surface area (Å²) in [5.41, 5.74) is 0.785. The van der Waals surface area contributed by atoms with Crippen molar-refractivity contribution < 1.29 is 4.74 Å². The molecule has 2 radical (unpaired) electrons. The molecule has 1 aromatic rings. The van der Waals surface area contributed by atoms with Gasteiger partial charge in [0.25, 0.3) is 0 Å². The molecule has 1 heteroatoms. The van der Waals surface area contributed by atoms with Crippen molar-refractivity contribution in [2.24, 2.45) is 0 Å². The molecule has 0 N–H and O–H groups in total. The Kier molecular flexibility index (Phi) is 1.57. The van der Waals surface area contributed by atoms with E-state index in [4.69, 9.17) is 11.7 Å². The Morgan fingerprint density at radius 2 is 1.82 bits per heavy atom. The van der Waals surface area contributed by atoms with Crippen molar-refractivity contribution in [2.45, 2.75) is 18.9 Å². The van der Waals surface area contributed by atoms with Gasteiger partial charge in [-0.05, 0) is 37.5 Å². The third kappa shape index (κ3) is 1.73. The first-order chi connectivity index (χ1) is 5.34. The summed E-state index contributed by atoms with van der Waals surface area (Å²) in [6.07, 6.45) is 2.87. The minimum absolute atomic E-state index is 0.471. The van der Waals surface area contributed by atoms with Gasteiger partial charge in [-0.25, -0.2) is 0 Å². The van der Waals surface area contributed by atoms with E-state index in [9.17, 15) is 0 Å². The van der Waals surface area contributed by atoms with Crippen LogP contribution in [0.5, 0.6) is 5.75 Å². The monoisotopic (exact) mass is 146 g/mol. The molecule has 11 heavy (non-hydrogen) atoms. The minimum atomic E-state index is 0.471. The molecule has 1 aliphatic carbocycles. The van der Waals surface area contributed by atoms with Gasteiger partial charge in [0, 0.05) is 0 Å². The topological polar surface area (TPSA) is 9.23 Å². The highest BCUT2D eigenvalue weighted by Gasteiger charge is 2.23. The summed E-state index contributed by atoms with van der Waals surface area (Å²) in [5, 5.41) is 0. The van der Waals surface area contributed by atoms with Crippen molar-refractivity contribution in [3.05, 3.63) is 36.8 Å².